The molecule has 1 unspecified atom stereocenters. The molecule has 15 heavy (non-hydrogen) atoms. The highest BCUT2D eigenvalue weighted by atomic mass is 32.2. The molecule has 4 nitrogen and oxygen atoms in total. The molecule has 0 amide bonds. The van der Waals surface area contributed by atoms with Crippen LogP contribution in [-0.2, 0) is 10.0 Å². The molecule has 0 radical (unpaired) electrons. The maximum atomic E-state index is 11.7. The Bertz CT molecular complexity index is 348. The van der Waals surface area contributed by atoms with Crippen molar-refractivity contribution in [3.05, 3.63) is 0 Å². The van der Waals surface area contributed by atoms with Gasteiger partial charge in [-0.15, -0.1) is 6.42 Å². The van der Waals surface area contributed by atoms with Crippen LogP contribution in [0.2, 0.25) is 0 Å². The zero-order chi connectivity index (χ0) is 11.5. The third-order valence-corrected chi connectivity index (χ3v) is 4.02. The molecule has 0 aliphatic carbocycles. The van der Waals surface area contributed by atoms with E-state index in [0.29, 0.717) is 0 Å². The van der Waals surface area contributed by atoms with Crippen LogP contribution < -0.4 is 10.0 Å². The Hall–Kier alpha value is -0.570. The summed E-state index contributed by atoms with van der Waals surface area (Å²) in [6, 6.07) is 0.0658. The van der Waals surface area contributed by atoms with Gasteiger partial charge < -0.3 is 5.32 Å². The van der Waals surface area contributed by atoms with Crippen LogP contribution in [0.4, 0.5) is 0 Å². The Labute approximate surface area is 91.9 Å². The summed E-state index contributed by atoms with van der Waals surface area (Å²) in [4.78, 5) is 0. The standard InChI is InChI=1S/C10H18N2O2S/c1-4-10(2,3)12-15(13,14)8-9-6-5-7-11-9/h1,9,11-12H,5-8H2,2-3H3. The lowest BCUT2D eigenvalue weighted by Crippen LogP contribution is -2.46. The van der Waals surface area contributed by atoms with Crippen molar-refractivity contribution in [1.29, 1.82) is 0 Å². The normalized spacial score (nSPS) is 22.6. The van der Waals surface area contributed by atoms with Gasteiger partial charge in [0.25, 0.3) is 0 Å². The van der Waals surface area contributed by atoms with E-state index in [2.05, 4.69) is 16.0 Å². The van der Waals surface area contributed by atoms with Gasteiger partial charge in [-0.25, -0.2) is 8.42 Å². The highest BCUT2D eigenvalue weighted by molar-refractivity contribution is 7.89. The van der Waals surface area contributed by atoms with Gasteiger partial charge in [0.15, 0.2) is 0 Å². The third-order valence-electron chi connectivity index (χ3n) is 2.35. The van der Waals surface area contributed by atoms with Gasteiger partial charge in [-0.2, -0.15) is 4.72 Å². The average molecular weight is 230 g/mol. The molecular formula is C10H18N2O2S. The SMILES string of the molecule is C#CC(C)(C)NS(=O)(=O)CC1CCCN1. The second kappa shape index (κ2) is 4.52. The van der Waals surface area contributed by atoms with E-state index in [1.54, 1.807) is 13.8 Å². The molecular weight excluding hydrogens is 212 g/mol. The van der Waals surface area contributed by atoms with Crippen LogP contribution in [0.5, 0.6) is 0 Å². The largest absolute Gasteiger partial charge is 0.313 e. The van der Waals surface area contributed by atoms with Crippen molar-refractivity contribution in [1.82, 2.24) is 10.0 Å². The van der Waals surface area contributed by atoms with E-state index in [-0.39, 0.29) is 11.8 Å². The minimum Gasteiger partial charge on any atom is -0.313 e. The molecule has 1 aliphatic rings. The second-order valence-electron chi connectivity index (χ2n) is 4.45. The van der Waals surface area contributed by atoms with Crippen LogP contribution in [0.1, 0.15) is 26.7 Å². The van der Waals surface area contributed by atoms with Crippen molar-refractivity contribution in [3.8, 4) is 12.3 Å². The number of hydrogen-bond acceptors (Lipinski definition) is 3. The summed E-state index contributed by atoms with van der Waals surface area (Å²) in [7, 11) is -3.29. The Morgan fingerprint density at radius 2 is 2.27 bits per heavy atom. The molecule has 0 saturated carbocycles. The summed E-state index contributed by atoms with van der Waals surface area (Å²) >= 11 is 0. The van der Waals surface area contributed by atoms with E-state index >= 15 is 0 Å². The fourth-order valence-corrected chi connectivity index (χ4v) is 3.36. The number of nitrogens with one attached hydrogen (secondary N) is 2. The number of terminal acetylenes is 1. The quantitative estimate of drug-likeness (QED) is 0.672. The molecule has 0 aromatic rings. The molecule has 0 bridgehead atoms. The van der Waals surface area contributed by atoms with Crippen molar-refractivity contribution in [2.24, 2.45) is 0 Å². The zero-order valence-electron chi connectivity index (χ0n) is 9.21. The Balaban J connectivity index is 2.56. The predicted molar refractivity (Wildman–Crippen MR) is 60.9 cm³/mol. The highest BCUT2D eigenvalue weighted by Crippen LogP contribution is 2.09. The number of rotatable bonds is 4. The van der Waals surface area contributed by atoms with Gasteiger partial charge in [-0.1, -0.05) is 5.92 Å². The minimum absolute atomic E-state index is 0.0658. The number of sulfonamides is 1. The van der Waals surface area contributed by atoms with Crippen LogP contribution in [0.3, 0.4) is 0 Å². The Kier molecular flexibility index (Phi) is 3.77. The smallest absolute Gasteiger partial charge is 0.214 e. The lowest BCUT2D eigenvalue weighted by Gasteiger charge is -2.21. The van der Waals surface area contributed by atoms with Gasteiger partial charge in [-0.05, 0) is 33.2 Å². The van der Waals surface area contributed by atoms with Gasteiger partial charge in [0.05, 0.1) is 11.3 Å². The van der Waals surface area contributed by atoms with Gasteiger partial charge in [0.2, 0.25) is 10.0 Å². The van der Waals surface area contributed by atoms with Crippen LogP contribution in [0.15, 0.2) is 0 Å². The molecule has 1 rings (SSSR count). The Morgan fingerprint density at radius 3 is 2.73 bits per heavy atom. The molecule has 1 fully saturated rings. The van der Waals surface area contributed by atoms with Crippen LogP contribution in [-0.4, -0.2) is 32.3 Å². The lowest BCUT2D eigenvalue weighted by atomic mass is 10.1. The highest BCUT2D eigenvalue weighted by Gasteiger charge is 2.26. The predicted octanol–water partition coefficient (Wildman–Crippen LogP) is 0.0696. The third kappa shape index (κ3) is 4.20. The molecule has 0 aromatic carbocycles. The van der Waals surface area contributed by atoms with Crippen molar-refractivity contribution in [3.63, 3.8) is 0 Å². The maximum Gasteiger partial charge on any atom is 0.214 e. The van der Waals surface area contributed by atoms with E-state index in [4.69, 9.17) is 6.42 Å². The fraction of sp³-hybridized carbons (Fsp3) is 0.800. The molecule has 0 spiro atoms. The van der Waals surface area contributed by atoms with Crippen LogP contribution in [0.25, 0.3) is 0 Å². The van der Waals surface area contributed by atoms with E-state index in [9.17, 15) is 8.42 Å². The van der Waals surface area contributed by atoms with E-state index in [0.717, 1.165) is 19.4 Å². The summed E-state index contributed by atoms with van der Waals surface area (Å²) in [5.74, 6) is 2.52. The Morgan fingerprint density at radius 1 is 1.60 bits per heavy atom. The average Bonchev–Trinajstić information content (AvgIpc) is 2.54. The molecule has 1 atom stereocenters. The molecule has 1 saturated heterocycles. The van der Waals surface area contributed by atoms with E-state index in [1.165, 1.54) is 0 Å². The van der Waals surface area contributed by atoms with Gasteiger partial charge in [0.1, 0.15) is 0 Å². The molecule has 1 aliphatic heterocycles. The molecule has 2 N–H and O–H groups in total. The monoisotopic (exact) mass is 230 g/mol. The van der Waals surface area contributed by atoms with E-state index < -0.39 is 15.6 Å². The summed E-state index contributed by atoms with van der Waals surface area (Å²) in [5, 5.41) is 3.15. The summed E-state index contributed by atoms with van der Waals surface area (Å²) in [5.41, 5.74) is -0.808. The molecule has 1 heterocycles. The second-order valence-corrected chi connectivity index (χ2v) is 6.21. The van der Waals surface area contributed by atoms with Crippen LogP contribution in [0, 0.1) is 12.3 Å². The summed E-state index contributed by atoms with van der Waals surface area (Å²) < 4.78 is 25.9. The van der Waals surface area contributed by atoms with Crippen molar-refractivity contribution in [2.45, 2.75) is 38.3 Å². The fourth-order valence-electron chi connectivity index (χ4n) is 1.62. The molecule has 0 aromatic heterocycles. The topological polar surface area (TPSA) is 58.2 Å². The molecule has 5 heteroatoms. The first kappa shape index (κ1) is 12.5. The van der Waals surface area contributed by atoms with Gasteiger partial charge in [0, 0.05) is 6.04 Å². The summed E-state index contributed by atoms with van der Waals surface area (Å²) in [6.45, 7) is 4.25. The van der Waals surface area contributed by atoms with Crippen molar-refractivity contribution >= 4 is 10.0 Å². The molecule has 86 valence electrons. The van der Waals surface area contributed by atoms with Crippen LogP contribution >= 0.6 is 0 Å². The first-order valence-electron chi connectivity index (χ1n) is 5.07. The van der Waals surface area contributed by atoms with Crippen molar-refractivity contribution in [2.75, 3.05) is 12.3 Å². The van der Waals surface area contributed by atoms with Gasteiger partial charge >= 0.3 is 0 Å². The lowest BCUT2D eigenvalue weighted by molar-refractivity contribution is 0.528. The van der Waals surface area contributed by atoms with E-state index in [1.807, 2.05) is 0 Å². The first-order chi connectivity index (χ1) is 6.85. The number of hydrogen-bond donors (Lipinski definition) is 2. The minimum atomic E-state index is -3.29. The summed E-state index contributed by atoms with van der Waals surface area (Å²) in [6.07, 6.45) is 7.18. The first-order valence-corrected chi connectivity index (χ1v) is 6.73. The van der Waals surface area contributed by atoms with Crippen molar-refractivity contribution < 1.29 is 8.42 Å². The maximum absolute atomic E-state index is 11.7. The van der Waals surface area contributed by atoms with Gasteiger partial charge in [-0.3, -0.25) is 0 Å². The zero-order valence-corrected chi connectivity index (χ0v) is 10.0.